The quantitative estimate of drug-likeness (QED) is 0.258. The SMILES string of the molecule is [Ir].[c-]1cccc2c1-c1ncccc1OC2.c1ccc(-c2cc3ccccc3[n-]2)nc1. The molecule has 30 heavy (non-hydrogen) atoms. The molecule has 6 rings (SSSR count). The molecule has 1 aliphatic heterocycles. The van der Waals surface area contributed by atoms with Crippen LogP contribution in [0.3, 0.4) is 0 Å². The van der Waals surface area contributed by atoms with Gasteiger partial charge in [-0.15, -0.1) is 41.0 Å². The molecule has 0 N–H and O–H groups in total. The van der Waals surface area contributed by atoms with Gasteiger partial charge < -0.3 is 14.7 Å². The van der Waals surface area contributed by atoms with Crippen LogP contribution >= 0.6 is 0 Å². The molecule has 1 radical (unpaired) electrons. The van der Waals surface area contributed by atoms with Gasteiger partial charge in [-0.3, -0.25) is 4.98 Å². The number of nitrogens with zero attached hydrogens (tertiary/aromatic N) is 3. The Morgan fingerprint density at radius 1 is 0.867 bits per heavy atom. The van der Waals surface area contributed by atoms with E-state index in [1.54, 1.807) is 12.4 Å². The second kappa shape index (κ2) is 9.04. The Labute approximate surface area is 188 Å². The van der Waals surface area contributed by atoms with Gasteiger partial charge in [-0.2, -0.15) is 0 Å². The van der Waals surface area contributed by atoms with Gasteiger partial charge in [0.1, 0.15) is 5.75 Å². The molecule has 0 bridgehead atoms. The molecular weight excluding hydrogens is 551 g/mol. The Bertz CT molecular complexity index is 1190. The fraction of sp³-hybridized carbons (Fsp3) is 0.0400. The Morgan fingerprint density at radius 2 is 1.73 bits per heavy atom. The van der Waals surface area contributed by atoms with Crippen molar-refractivity contribution in [3.63, 3.8) is 0 Å². The van der Waals surface area contributed by atoms with E-state index in [1.165, 1.54) is 0 Å². The predicted molar refractivity (Wildman–Crippen MR) is 113 cm³/mol. The van der Waals surface area contributed by atoms with Crippen molar-refractivity contribution in [3.05, 3.63) is 103 Å². The largest absolute Gasteiger partial charge is 0.656 e. The number of fused-ring (bicyclic) bond motifs is 4. The van der Waals surface area contributed by atoms with Crippen molar-refractivity contribution in [1.29, 1.82) is 0 Å². The van der Waals surface area contributed by atoms with Crippen molar-refractivity contribution in [2.24, 2.45) is 0 Å². The van der Waals surface area contributed by atoms with Crippen LogP contribution in [0.25, 0.3) is 33.5 Å². The molecule has 0 amide bonds. The Morgan fingerprint density at radius 3 is 2.60 bits per heavy atom. The standard InChI is InChI=1S/C13H9N2.C12H8NO.Ir/c1-2-6-11-10(5-1)9-13(15-11)12-7-3-4-8-14-12;1-2-5-10-9(4-1)8-14-11-6-3-7-13-12(10)11;/h1-9H;1-4,6-7H,8H2;/q2*-1;. The fourth-order valence-electron chi connectivity index (χ4n) is 3.33. The first-order chi connectivity index (χ1) is 14.4. The molecule has 0 atom stereocenters. The summed E-state index contributed by atoms with van der Waals surface area (Å²) in [6.45, 7) is 0.616. The van der Waals surface area contributed by atoms with Crippen LogP contribution in [0.5, 0.6) is 5.75 Å². The molecule has 5 heteroatoms. The molecule has 3 aromatic heterocycles. The third kappa shape index (κ3) is 4.04. The zero-order valence-corrected chi connectivity index (χ0v) is 18.3. The average Bonchev–Trinajstić information content (AvgIpc) is 3.24. The summed E-state index contributed by atoms with van der Waals surface area (Å²) in [4.78, 5) is 13.1. The minimum absolute atomic E-state index is 0. The topological polar surface area (TPSA) is 49.1 Å². The van der Waals surface area contributed by atoms with Gasteiger partial charge in [0.25, 0.3) is 0 Å². The Kier molecular flexibility index (Phi) is 6.03. The van der Waals surface area contributed by atoms with Gasteiger partial charge in [-0.25, -0.2) is 0 Å². The molecule has 0 saturated heterocycles. The third-order valence-electron chi connectivity index (χ3n) is 4.73. The fourth-order valence-corrected chi connectivity index (χ4v) is 3.33. The zero-order chi connectivity index (χ0) is 19.5. The molecule has 0 unspecified atom stereocenters. The monoisotopic (exact) mass is 568 g/mol. The molecule has 5 aromatic rings. The molecule has 0 spiro atoms. The van der Waals surface area contributed by atoms with Crippen LogP contribution in [-0.4, -0.2) is 9.97 Å². The molecule has 4 nitrogen and oxygen atoms in total. The minimum atomic E-state index is 0. The second-order valence-electron chi connectivity index (χ2n) is 6.62. The summed E-state index contributed by atoms with van der Waals surface area (Å²) in [5.41, 5.74) is 6.01. The predicted octanol–water partition coefficient (Wildman–Crippen LogP) is 5.30. The maximum absolute atomic E-state index is 5.57. The van der Waals surface area contributed by atoms with Crippen LogP contribution in [0, 0.1) is 6.07 Å². The van der Waals surface area contributed by atoms with E-state index in [0.717, 1.165) is 44.9 Å². The first kappa shape index (κ1) is 20.0. The zero-order valence-electron chi connectivity index (χ0n) is 16.0. The van der Waals surface area contributed by atoms with Crippen LogP contribution in [0.15, 0.2) is 91.3 Å². The van der Waals surface area contributed by atoms with E-state index in [2.05, 4.69) is 33.2 Å². The van der Waals surface area contributed by atoms with Crippen molar-refractivity contribution in [2.75, 3.05) is 0 Å². The summed E-state index contributed by atoms with van der Waals surface area (Å²) in [6.07, 6.45) is 3.56. The van der Waals surface area contributed by atoms with Crippen LogP contribution in [-0.2, 0) is 26.7 Å². The maximum Gasteiger partial charge on any atom is 0.103 e. The van der Waals surface area contributed by atoms with Gasteiger partial charge in [0.2, 0.25) is 0 Å². The Hall–Kier alpha value is -3.27. The third-order valence-corrected chi connectivity index (χ3v) is 4.73. The minimum Gasteiger partial charge on any atom is -0.656 e. The maximum atomic E-state index is 5.57. The van der Waals surface area contributed by atoms with Crippen molar-refractivity contribution >= 4 is 10.9 Å². The van der Waals surface area contributed by atoms with Gasteiger partial charge in [0.15, 0.2) is 0 Å². The van der Waals surface area contributed by atoms with Gasteiger partial charge in [-0.05, 0) is 29.7 Å². The summed E-state index contributed by atoms with van der Waals surface area (Å²) < 4.78 is 5.57. The number of ether oxygens (including phenoxy) is 1. The second-order valence-corrected chi connectivity index (χ2v) is 6.62. The number of para-hydroxylation sites is 1. The number of hydrogen-bond acceptors (Lipinski definition) is 3. The molecule has 4 heterocycles. The number of aromatic nitrogens is 3. The van der Waals surface area contributed by atoms with E-state index in [0.29, 0.717) is 6.61 Å². The van der Waals surface area contributed by atoms with Crippen LogP contribution < -0.4 is 9.72 Å². The number of rotatable bonds is 1. The van der Waals surface area contributed by atoms with Gasteiger partial charge in [0.05, 0.1) is 6.61 Å². The van der Waals surface area contributed by atoms with Gasteiger partial charge >= 0.3 is 0 Å². The van der Waals surface area contributed by atoms with Crippen molar-refractivity contribution in [3.8, 4) is 28.4 Å². The van der Waals surface area contributed by atoms with Gasteiger partial charge in [-0.1, -0.05) is 42.0 Å². The van der Waals surface area contributed by atoms with Crippen molar-refractivity contribution in [1.82, 2.24) is 15.0 Å². The van der Waals surface area contributed by atoms with E-state index >= 15 is 0 Å². The van der Waals surface area contributed by atoms with Crippen molar-refractivity contribution in [2.45, 2.75) is 6.61 Å². The molecule has 2 aromatic carbocycles. The molecular formula is C25H17IrN3O-2. The summed E-state index contributed by atoms with van der Waals surface area (Å²) in [6, 6.07) is 29.0. The summed E-state index contributed by atoms with van der Waals surface area (Å²) in [5, 5.41) is 1.16. The van der Waals surface area contributed by atoms with E-state index in [4.69, 9.17) is 4.74 Å². The van der Waals surface area contributed by atoms with Crippen LogP contribution in [0.2, 0.25) is 0 Å². The summed E-state index contributed by atoms with van der Waals surface area (Å²) in [7, 11) is 0. The first-order valence-electron chi connectivity index (χ1n) is 9.40. The average molecular weight is 568 g/mol. The normalized spacial score (nSPS) is 11.2. The van der Waals surface area contributed by atoms with Crippen molar-refractivity contribution < 1.29 is 24.8 Å². The van der Waals surface area contributed by atoms with Gasteiger partial charge in [0, 0.05) is 43.9 Å². The number of benzene rings is 2. The molecule has 0 fully saturated rings. The molecule has 0 aliphatic carbocycles. The molecule has 0 saturated carbocycles. The number of hydrogen-bond donors (Lipinski definition) is 0. The van der Waals surface area contributed by atoms with E-state index in [1.807, 2.05) is 66.7 Å². The van der Waals surface area contributed by atoms with E-state index in [-0.39, 0.29) is 20.1 Å². The summed E-state index contributed by atoms with van der Waals surface area (Å²) >= 11 is 0. The molecule has 1 aliphatic rings. The van der Waals surface area contributed by atoms with Crippen LogP contribution in [0.1, 0.15) is 5.56 Å². The molecule has 149 valence electrons. The van der Waals surface area contributed by atoms with Crippen LogP contribution in [0.4, 0.5) is 0 Å². The first-order valence-corrected chi connectivity index (χ1v) is 9.40. The van der Waals surface area contributed by atoms with E-state index < -0.39 is 0 Å². The smallest absolute Gasteiger partial charge is 0.103 e. The Balaban J connectivity index is 0.000000141. The number of pyridine rings is 2. The summed E-state index contributed by atoms with van der Waals surface area (Å²) in [5.74, 6) is 0.849. The van der Waals surface area contributed by atoms with E-state index in [9.17, 15) is 0 Å².